The third-order valence-electron chi connectivity index (χ3n) is 2.53. The summed E-state index contributed by atoms with van der Waals surface area (Å²) < 4.78 is 0. The summed E-state index contributed by atoms with van der Waals surface area (Å²) in [5, 5.41) is 10.2. The van der Waals surface area contributed by atoms with Gasteiger partial charge in [-0.15, -0.1) is 0 Å². The Hall–Kier alpha value is -0.830. The van der Waals surface area contributed by atoms with Gasteiger partial charge in [0.1, 0.15) is 0 Å². The summed E-state index contributed by atoms with van der Waals surface area (Å²) in [7, 11) is 0. The van der Waals surface area contributed by atoms with Gasteiger partial charge < -0.3 is 5.32 Å². The molecule has 0 aromatic carbocycles. The maximum atomic E-state index is 3.89. The summed E-state index contributed by atoms with van der Waals surface area (Å²) in [4.78, 5) is 0. The lowest BCUT2D eigenvalue weighted by Gasteiger charge is -2.08. The first-order valence-corrected chi connectivity index (χ1v) is 4.48. The third-order valence-corrected chi connectivity index (χ3v) is 2.53. The van der Waals surface area contributed by atoms with Gasteiger partial charge in [-0.1, -0.05) is 6.92 Å². The van der Waals surface area contributed by atoms with E-state index in [0.29, 0.717) is 5.41 Å². The van der Waals surface area contributed by atoms with Gasteiger partial charge in [0.15, 0.2) is 0 Å². The lowest BCUT2D eigenvalue weighted by Crippen LogP contribution is -2.21. The molecule has 2 rings (SSSR count). The molecule has 3 nitrogen and oxygen atoms in total. The van der Waals surface area contributed by atoms with Crippen LogP contribution in [0.25, 0.3) is 0 Å². The maximum Gasteiger partial charge on any atom is 0.0490 e. The van der Waals surface area contributed by atoms with Gasteiger partial charge in [-0.05, 0) is 24.3 Å². The minimum atomic E-state index is 0.597. The van der Waals surface area contributed by atoms with Crippen molar-refractivity contribution in [2.45, 2.75) is 26.3 Å². The summed E-state index contributed by atoms with van der Waals surface area (Å²) in [5.74, 6) is 0. The fourth-order valence-corrected chi connectivity index (χ4v) is 1.27. The zero-order chi connectivity index (χ0) is 8.44. The highest BCUT2D eigenvalue weighted by atomic mass is 15.1. The number of hydrogen-bond acceptors (Lipinski definition) is 2. The van der Waals surface area contributed by atoms with Gasteiger partial charge >= 0.3 is 0 Å². The monoisotopic (exact) mass is 165 g/mol. The minimum Gasteiger partial charge on any atom is -0.311 e. The summed E-state index contributed by atoms with van der Waals surface area (Å²) in [6.45, 7) is 4.37. The van der Waals surface area contributed by atoms with Crippen LogP contribution in [-0.4, -0.2) is 16.7 Å². The zero-order valence-electron chi connectivity index (χ0n) is 7.43. The van der Waals surface area contributed by atoms with E-state index in [9.17, 15) is 0 Å². The van der Waals surface area contributed by atoms with Gasteiger partial charge in [-0.3, -0.25) is 5.10 Å². The molecule has 0 atom stereocenters. The van der Waals surface area contributed by atoms with E-state index < -0.39 is 0 Å². The van der Waals surface area contributed by atoms with Crippen molar-refractivity contribution in [2.75, 3.05) is 6.54 Å². The van der Waals surface area contributed by atoms with E-state index >= 15 is 0 Å². The van der Waals surface area contributed by atoms with Crippen LogP contribution >= 0.6 is 0 Å². The van der Waals surface area contributed by atoms with Crippen LogP contribution in [0.1, 0.15) is 25.5 Å². The van der Waals surface area contributed by atoms with Crippen molar-refractivity contribution in [2.24, 2.45) is 5.41 Å². The fraction of sp³-hybridized carbons (Fsp3) is 0.667. The van der Waals surface area contributed by atoms with Crippen molar-refractivity contribution >= 4 is 0 Å². The predicted molar refractivity (Wildman–Crippen MR) is 47.6 cm³/mol. The van der Waals surface area contributed by atoms with E-state index in [1.807, 2.05) is 6.07 Å². The number of H-pyrrole nitrogens is 1. The maximum absolute atomic E-state index is 3.89. The smallest absolute Gasteiger partial charge is 0.0490 e. The molecule has 1 aromatic rings. The quantitative estimate of drug-likeness (QED) is 0.706. The lowest BCUT2D eigenvalue weighted by molar-refractivity contribution is 0.496. The van der Waals surface area contributed by atoms with Crippen LogP contribution in [0.15, 0.2) is 12.3 Å². The Bertz CT molecular complexity index is 236. The molecule has 1 aromatic heterocycles. The van der Waals surface area contributed by atoms with Crippen LogP contribution in [0, 0.1) is 5.41 Å². The largest absolute Gasteiger partial charge is 0.311 e. The van der Waals surface area contributed by atoms with Crippen molar-refractivity contribution in [3.05, 3.63) is 18.0 Å². The molecule has 0 unspecified atom stereocenters. The Morgan fingerprint density at radius 1 is 1.67 bits per heavy atom. The Balaban J connectivity index is 1.69. The lowest BCUT2D eigenvalue weighted by atomic mass is 10.1. The number of aromatic amines is 1. The van der Waals surface area contributed by atoms with Gasteiger partial charge in [0.05, 0.1) is 0 Å². The molecule has 0 saturated heterocycles. The molecule has 0 bridgehead atoms. The second-order valence-electron chi connectivity index (χ2n) is 4.00. The normalized spacial score (nSPS) is 19.4. The van der Waals surface area contributed by atoms with Crippen LogP contribution in [-0.2, 0) is 6.54 Å². The highest BCUT2D eigenvalue weighted by molar-refractivity contribution is 4.97. The van der Waals surface area contributed by atoms with Crippen molar-refractivity contribution in [3.63, 3.8) is 0 Å². The molecule has 2 N–H and O–H groups in total. The Labute approximate surface area is 72.6 Å². The summed E-state index contributed by atoms with van der Waals surface area (Å²) in [6, 6.07) is 2.00. The van der Waals surface area contributed by atoms with Gasteiger partial charge in [0, 0.05) is 25.0 Å². The van der Waals surface area contributed by atoms with Crippen LogP contribution in [0.3, 0.4) is 0 Å². The third kappa shape index (κ3) is 1.85. The molecule has 66 valence electrons. The zero-order valence-corrected chi connectivity index (χ0v) is 7.43. The number of aromatic nitrogens is 2. The predicted octanol–water partition coefficient (Wildman–Crippen LogP) is 1.30. The summed E-state index contributed by atoms with van der Waals surface area (Å²) in [5.41, 5.74) is 1.76. The van der Waals surface area contributed by atoms with E-state index in [2.05, 4.69) is 22.4 Å². The minimum absolute atomic E-state index is 0.597. The molecule has 1 aliphatic rings. The SMILES string of the molecule is CC1(CNCc2ccn[nH]2)CC1. The fourth-order valence-electron chi connectivity index (χ4n) is 1.27. The van der Waals surface area contributed by atoms with Gasteiger partial charge in [-0.25, -0.2) is 0 Å². The molecule has 1 aliphatic carbocycles. The van der Waals surface area contributed by atoms with E-state index in [-0.39, 0.29) is 0 Å². The summed E-state index contributed by atoms with van der Waals surface area (Å²) >= 11 is 0. The topological polar surface area (TPSA) is 40.7 Å². The summed E-state index contributed by atoms with van der Waals surface area (Å²) in [6.07, 6.45) is 4.54. The van der Waals surface area contributed by atoms with Crippen molar-refractivity contribution in [3.8, 4) is 0 Å². The molecular formula is C9H15N3. The van der Waals surface area contributed by atoms with Crippen LogP contribution < -0.4 is 5.32 Å². The number of hydrogen-bond donors (Lipinski definition) is 2. The highest BCUT2D eigenvalue weighted by Crippen LogP contribution is 2.43. The standard InChI is InChI=1S/C9H15N3/c1-9(3-4-9)7-10-6-8-2-5-11-12-8/h2,5,10H,3-4,6-7H2,1H3,(H,11,12). The van der Waals surface area contributed by atoms with E-state index in [1.54, 1.807) is 6.20 Å². The number of rotatable bonds is 4. The molecule has 0 aliphatic heterocycles. The first-order chi connectivity index (χ1) is 5.79. The van der Waals surface area contributed by atoms with Gasteiger partial charge in [-0.2, -0.15) is 5.10 Å². The van der Waals surface area contributed by atoms with Crippen molar-refractivity contribution in [1.82, 2.24) is 15.5 Å². The van der Waals surface area contributed by atoms with Crippen LogP contribution in [0.4, 0.5) is 0 Å². The Kier molecular flexibility index (Phi) is 1.89. The second-order valence-corrected chi connectivity index (χ2v) is 4.00. The number of nitrogens with one attached hydrogen (secondary N) is 2. The van der Waals surface area contributed by atoms with E-state index in [1.165, 1.54) is 18.5 Å². The Morgan fingerprint density at radius 2 is 2.50 bits per heavy atom. The molecule has 0 spiro atoms. The average Bonchev–Trinajstić information content (AvgIpc) is 2.61. The van der Waals surface area contributed by atoms with Crippen LogP contribution in [0.5, 0.6) is 0 Å². The average molecular weight is 165 g/mol. The number of nitrogens with zero attached hydrogens (tertiary/aromatic N) is 1. The molecule has 0 amide bonds. The van der Waals surface area contributed by atoms with Crippen molar-refractivity contribution in [1.29, 1.82) is 0 Å². The van der Waals surface area contributed by atoms with Gasteiger partial charge in [0.25, 0.3) is 0 Å². The first kappa shape index (κ1) is 7.80. The molecule has 1 saturated carbocycles. The molecular weight excluding hydrogens is 150 g/mol. The van der Waals surface area contributed by atoms with Crippen molar-refractivity contribution < 1.29 is 0 Å². The van der Waals surface area contributed by atoms with Crippen LogP contribution in [0.2, 0.25) is 0 Å². The molecule has 12 heavy (non-hydrogen) atoms. The van der Waals surface area contributed by atoms with E-state index in [4.69, 9.17) is 0 Å². The first-order valence-electron chi connectivity index (χ1n) is 4.48. The second kappa shape index (κ2) is 2.90. The Morgan fingerprint density at radius 3 is 3.08 bits per heavy atom. The highest BCUT2D eigenvalue weighted by Gasteiger charge is 2.36. The van der Waals surface area contributed by atoms with Gasteiger partial charge in [0.2, 0.25) is 0 Å². The van der Waals surface area contributed by atoms with E-state index in [0.717, 1.165) is 13.1 Å². The molecule has 1 heterocycles. The molecule has 3 heteroatoms. The molecule has 0 radical (unpaired) electrons. The molecule has 1 fully saturated rings.